The number of carbonyl (C=O) groups is 1. The lowest BCUT2D eigenvalue weighted by Gasteiger charge is -2.22. The van der Waals surface area contributed by atoms with Crippen molar-refractivity contribution in [2.45, 2.75) is 32.9 Å². The van der Waals surface area contributed by atoms with E-state index in [1.165, 1.54) is 6.26 Å². The zero-order valence-electron chi connectivity index (χ0n) is 18.8. The molecular weight excluding hydrogens is 410 g/mol. The van der Waals surface area contributed by atoms with Crippen LogP contribution >= 0.6 is 0 Å². The van der Waals surface area contributed by atoms with E-state index in [-0.39, 0.29) is 5.91 Å². The fourth-order valence-corrected chi connectivity index (χ4v) is 4.15. The van der Waals surface area contributed by atoms with Gasteiger partial charge in [-0.3, -0.25) is 9.69 Å². The molecule has 0 fully saturated rings. The highest BCUT2D eigenvalue weighted by molar-refractivity contribution is 5.91. The first-order chi connectivity index (χ1) is 15.6. The molecule has 0 unspecified atom stereocenters. The van der Waals surface area contributed by atoms with Crippen molar-refractivity contribution in [1.82, 2.24) is 25.0 Å². The molecule has 0 spiro atoms. The lowest BCUT2D eigenvalue weighted by molar-refractivity contribution is 0.0926. The van der Waals surface area contributed by atoms with Gasteiger partial charge in [-0.15, -0.1) is 10.2 Å². The Balaban J connectivity index is 1.36. The second-order valence-corrected chi connectivity index (χ2v) is 7.78. The molecule has 3 heterocycles. The maximum Gasteiger partial charge on any atom is 0.286 e. The molecule has 9 nitrogen and oxygen atoms in total. The third-order valence-electron chi connectivity index (χ3n) is 5.83. The Morgan fingerprint density at radius 2 is 2.03 bits per heavy atom. The molecule has 0 saturated heterocycles. The van der Waals surface area contributed by atoms with Crippen molar-refractivity contribution in [3.63, 3.8) is 0 Å². The maximum absolute atomic E-state index is 12.0. The van der Waals surface area contributed by atoms with Gasteiger partial charge in [0.25, 0.3) is 5.91 Å². The lowest BCUT2D eigenvalue weighted by atomic mass is 10.1. The number of nitrogens with one attached hydrogen (secondary N) is 1. The van der Waals surface area contributed by atoms with Gasteiger partial charge in [0, 0.05) is 56.7 Å². The first-order valence-corrected chi connectivity index (χ1v) is 10.8. The molecule has 0 saturated carbocycles. The average Bonchev–Trinajstić information content (AvgIpc) is 3.42. The Labute approximate surface area is 187 Å². The highest BCUT2D eigenvalue weighted by Crippen LogP contribution is 2.32. The normalized spacial score (nSPS) is 14.0. The number of nitrogens with zero attached hydrogens (tertiary/aromatic N) is 4. The molecule has 0 atom stereocenters. The summed E-state index contributed by atoms with van der Waals surface area (Å²) in [5.41, 5.74) is 2.16. The summed E-state index contributed by atoms with van der Waals surface area (Å²) in [6.07, 6.45) is 2.93. The van der Waals surface area contributed by atoms with Gasteiger partial charge in [-0.2, -0.15) is 0 Å². The second kappa shape index (κ2) is 9.86. The second-order valence-electron chi connectivity index (χ2n) is 7.78. The molecule has 2 aromatic heterocycles. The number of furan rings is 1. The number of aromatic nitrogens is 3. The minimum absolute atomic E-state index is 0.222. The van der Waals surface area contributed by atoms with Gasteiger partial charge >= 0.3 is 0 Å². The van der Waals surface area contributed by atoms with Crippen molar-refractivity contribution in [2.75, 3.05) is 33.9 Å². The quantitative estimate of drug-likeness (QED) is 0.575. The lowest BCUT2D eigenvalue weighted by Crippen LogP contribution is -2.28. The number of rotatable bonds is 8. The summed E-state index contributed by atoms with van der Waals surface area (Å²) < 4.78 is 18.4. The fourth-order valence-electron chi connectivity index (χ4n) is 4.15. The summed E-state index contributed by atoms with van der Waals surface area (Å²) in [5.74, 6) is 3.67. The number of methoxy groups -OCH3 is 2. The Hall–Kier alpha value is -3.33. The van der Waals surface area contributed by atoms with Crippen molar-refractivity contribution in [3.05, 3.63) is 59.1 Å². The minimum atomic E-state index is -0.222. The van der Waals surface area contributed by atoms with E-state index in [2.05, 4.69) is 31.0 Å². The molecule has 3 aromatic rings. The summed E-state index contributed by atoms with van der Waals surface area (Å²) >= 11 is 0. The van der Waals surface area contributed by atoms with E-state index in [1.54, 1.807) is 26.4 Å². The van der Waals surface area contributed by atoms with Gasteiger partial charge < -0.3 is 23.8 Å². The summed E-state index contributed by atoms with van der Waals surface area (Å²) in [7, 11) is 3.37. The van der Waals surface area contributed by atoms with Crippen molar-refractivity contribution in [2.24, 2.45) is 0 Å². The van der Waals surface area contributed by atoms with Crippen LogP contribution in [-0.2, 0) is 25.9 Å². The number of benzene rings is 1. The summed E-state index contributed by atoms with van der Waals surface area (Å²) in [6, 6.07) is 7.41. The standard InChI is InChI=1S/C23H29N5O4/c1-16-18(30-2)7-6-17(22(16)31-3)15-27-11-9-21-26-25-20(28(21)13-12-27)8-10-24-23(29)19-5-4-14-32-19/h4-7,14H,8-13,15H2,1-3H3,(H,24,29). The van der Waals surface area contributed by atoms with Crippen LogP contribution in [0, 0.1) is 6.92 Å². The number of carbonyl (C=O) groups excluding carboxylic acids is 1. The number of hydrogen-bond donors (Lipinski definition) is 1. The van der Waals surface area contributed by atoms with Crippen LogP contribution in [0.25, 0.3) is 0 Å². The van der Waals surface area contributed by atoms with Crippen LogP contribution in [0.1, 0.15) is 33.3 Å². The predicted octanol–water partition coefficient (Wildman–Crippen LogP) is 2.23. The molecule has 0 bridgehead atoms. The van der Waals surface area contributed by atoms with Crippen molar-refractivity contribution in [3.8, 4) is 11.5 Å². The molecule has 170 valence electrons. The number of ether oxygens (including phenoxy) is 2. The molecule has 0 aliphatic carbocycles. The summed E-state index contributed by atoms with van der Waals surface area (Å²) in [5, 5.41) is 11.6. The Bertz CT molecular complexity index is 1060. The van der Waals surface area contributed by atoms with Gasteiger partial charge in [-0.1, -0.05) is 6.07 Å². The monoisotopic (exact) mass is 439 g/mol. The molecule has 1 aromatic carbocycles. The minimum Gasteiger partial charge on any atom is -0.496 e. The molecule has 0 radical (unpaired) electrons. The highest BCUT2D eigenvalue weighted by atomic mass is 16.5. The van der Waals surface area contributed by atoms with E-state index in [0.29, 0.717) is 18.7 Å². The summed E-state index contributed by atoms with van der Waals surface area (Å²) in [6.45, 7) is 5.86. The van der Waals surface area contributed by atoms with E-state index < -0.39 is 0 Å². The molecule has 32 heavy (non-hydrogen) atoms. The predicted molar refractivity (Wildman–Crippen MR) is 118 cm³/mol. The zero-order chi connectivity index (χ0) is 22.5. The Kier molecular flexibility index (Phi) is 6.75. The number of fused-ring (bicyclic) bond motifs is 1. The van der Waals surface area contributed by atoms with Gasteiger partial charge in [0.1, 0.15) is 23.1 Å². The van der Waals surface area contributed by atoms with E-state index in [9.17, 15) is 4.79 Å². The number of hydrogen-bond acceptors (Lipinski definition) is 7. The van der Waals surface area contributed by atoms with Crippen molar-refractivity contribution >= 4 is 5.91 Å². The highest BCUT2D eigenvalue weighted by Gasteiger charge is 2.21. The first-order valence-electron chi connectivity index (χ1n) is 10.8. The molecule has 1 aliphatic heterocycles. The van der Waals surface area contributed by atoms with Crippen LogP contribution in [0.3, 0.4) is 0 Å². The van der Waals surface area contributed by atoms with Gasteiger partial charge in [0.15, 0.2) is 5.76 Å². The van der Waals surface area contributed by atoms with Gasteiger partial charge in [0.05, 0.1) is 20.5 Å². The fraction of sp³-hybridized carbons (Fsp3) is 0.435. The molecule has 1 N–H and O–H groups in total. The van der Waals surface area contributed by atoms with Gasteiger partial charge in [-0.05, 0) is 25.1 Å². The third-order valence-corrected chi connectivity index (χ3v) is 5.83. The van der Waals surface area contributed by atoms with E-state index in [0.717, 1.165) is 66.9 Å². The Morgan fingerprint density at radius 1 is 1.16 bits per heavy atom. The zero-order valence-corrected chi connectivity index (χ0v) is 18.8. The van der Waals surface area contributed by atoms with E-state index in [1.807, 2.05) is 13.0 Å². The molecule has 9 heteroatoms. The molecule has 1 amide bonds. The number of amides is 1. The van der Waals surface area contributed by atoms with Gasteiger partial charge in [-0.25, -0.2) is 0 Å². The van der Waals surface area contributed by atoms with Crippen LogP contribution < -0.4 is 14.8 Å². The average molecular weight is 440 g/mol. The SMILES string of the molecule is COc1ccc(CN2CCc3nnc(CCNC(=O)c4ccco4)n3CC2)c(OC)c1C. The van der Waals surface area contributed by atoms with Crippen LogP contribution in [-0.4, -0.2) is 59.4 Å². The van der Waals surface area contributed by atoms with Crippen LogP contribution in [0.2, 0.25) is 0 Å². The first kappa shape index (κ1) is 21.9. The third kappa shape index (κ3) is 4.62. The maximum atomic E-state index is 12.0. The van der Waals surface area contributed by atoms with Crippen molar-refractivity contribution in [1.29, 1.82) is 0 Å². The van der Waals surface area contributed by atoms with Crippen LogP contribution in [0.15, 0.2) is 34.9 Å². The smallest absolute Gasteiger partial charge is 0.286 e. The summed E-state index contributed by atoms with van der Waals surface area (Å²) in [4.78, 5) is 14.4. The molecular formula is C23H29N5O4. The van der Waals surface area contributed by atoms with Crippen molar-refractivity contribution < 1.29 is 18.7 Å². The Morgan fingerprint density at radius 3 is 2.78 bits per heavy atom. The van der Waals surface area contributed by atoms with Crippen LogP contribution in [0.4, 0.5) is 0 Å². The molecule has 4 rings (SSSR count). The largest absolute Gasteiger partial charge is 0.496 e. The topological polar surface area (TPSA) is 94.6 Å². The van der Waals surface area contributed by atoms with Crippen LogP contribution in [0.5, 0.6) is 11.5 Å². The van der Waals surface area contributed by atoms with E-state index >= 15 is 0 Å². The van der Waals surface area contributed by atoms with Gasteiger partial charge in [0.2, 0.25) is 0 Å². The van der Waals surface area contributed by atoms with E-state index in [4.69, 9.17) is 13.9 Å². The molecule has 1 aliphatic rings.